The van der Waals surface area contributed by atoms with Gasteiger partial charge in [-0.3, -0.25) is 5.32 Å². The number of alkyl halides is 3. The first-order chi connectivity index (χ1) is 9.24. The molecule has 0 radical (unpaired) electrons. The van der Waals surface area contributed by atoms with Gasteiger partial charge in [-0.25, -0.2) is 0 Å². The van der Waals surface area contributed by atoms with E-state index in [1.807, 2.05) is 13.8 Å². The molecule has 0 spiro atoms. The van der Waals surface area contributed by atoms with Crippen molar-refractivity contribution in [1.82, 2.24) is 5.32 Å². The number of hydrogen-bond acceptors (Lipinski definition) is 2. The monoisotopic (exact) mass is 353 g/mol. The molecule has 0 saturated heterocycles. The first-order valence-electron chi connectivity index (χ1n) is 6.43. The van der Waals surface area contributed by atoms with Gasteiger partial charge in [0.1, 0.15) is 6.04 Å². The van der Waals surface area contributed by atoms with Crippen molar-refractivity contribution in [1.29, 1.82) is 0 Å². The minimum absolute atomic E-state index is 0.142. The average Bonchev–Trinajstić information content (AvgIpc) is 2.34. The standard InChI is InChI=1S/C14H19BrF3NO/c1-9(2)7-12(8-20)19-13(14(16,17)18)10-3-5-11(15)6-4-10/h3-6,9,12-13,19-20H,7-8H2,1-2H3/t12-,13-/m0/s1. The van der Waals surface area contributed by atoms with E-state index in [9.17, 15) is 18.3 Å². The smallest absolute Gasteiger partial charge is 0.395 e. The van der Waals surface area contributed by atoms with Crippen LogP contribution in [0.3, 0.4) is 0 Å². The number of halogens is 4. The molecule has 0 aliphatic rings. The van der Waals surface area contributed by atoms with Gasteiger partial charge in [0, 0.05) is 10.5 Å². The number of nitrogens with one attached hydrogen (secondary N) is 1. The largest absolute Gasteiger partial charge is 0.407 e. The third-order valence-corrected chi connectivity index (χ3v) is 3.44. The molecule has 0 amide bonds. The summed E-state index contributed by atoms with van der Waals surface area (Å²) in [6.45, 7) is 3.50. The normalized spacial score (nSPS) is 15.4. The van der Waals surface area contributed by atoms with Crippen LogP contribution in [0.25, 0.3) is 0 Å². The molecule has 0 aliphatic carbocycles. The number of aliphatic hydroxyl groups is 1. The summed E-state index contributed by atoms with van der Waals surface area (Å²) in [5, 5.41) is 11.8. The Balaban J connectivity index is 2.92. The lowest BCUT2D eigenvalue weighted by Crippen LogP contribution is -2.43. The van der Waals surface area contributed by atoms with Crippen LogP contribution < -0.4 is 5.32 Å². The van der Waals surface area contributed by atoms with E-state index in [1.165, 1.54) is 12.1 Å². The molecule has 114 valence electrons. The molecule has 6 heteroatoms. The fourth-order valence-corrected chi connectivity index (χ4v) is 2.30. The van der Waals surface area contributed by atoms with E-state index in [-0.39, 0.29) is 18.1 Å². The maximum absolute atomic E-state index is 13.2. The Kier molecular flexibility index (Phi) is 6.48. The summed E-state index contributed by atoms with van der Waals surface area (Å²) in [6.07, 6.45) is -3.92. The highest BCUT2D eigenvalue weighted by molar-refractivity contribution is 9.10. The lowest BCUT2D eigenvalue weighted by atomic mass is 10.0. The second kappa shape index (κ2) is 7.43. The highest BCUT2D eigenvalue weighted by atomic mass is 79.9. The van der Waals surface area contributed by atoms with Crippen LogP contribution in [0.4, 0.5) is 13.2 Å². The van der Waals surface area contributed by atoms with Gasteiger partial charge in [-0.2, -0.15) is 13.2 Å². The Morgan fingerprint density at radius 1 is 1.20 bits per heavy atom. The van der Waals surface area contributed by atoms with Gasteiger partial charge >= 0.3 is 6.18 Å². The first kappa shape index (κ1) is 17.5. The van der Waals surface area contributed by atoms with Crippen LogP contribution in [-0.2, 0) is 0 Å². The Morgan fingerprint density at radius 2 is 1.75 bits per heavy atom. The molecule has 2 nitrogen and oxygen atoms in total. The molecule has 0 aliphatic heterocycles. The van der Waals surface area contributed by atoms with Crippen LogP contribution in [-0.4, -0.2) is 23.9 Å². The van der Waals surface area contributed by atoms with Crippen LogP contribution in [0.2, 0.25) is 0 Å². The maximum atomic E-state index is 13.2. The third-order valence-electron chi connectivity index (χ3n) is 2.91. The van der Waals surface area contributed by atoms with Crippen molar-refractivity contribution in [3.8, 4) is 0 Å². The summed E-state index contributed by atoms with van der Waals surface area (Å²) in [5.74, 6) is 0.207. The molecule has 0 heterocycles. The van der Waals surface area contributed by atoms with Crippen LogP contribution in [0, 0.1) is 5.92 Å². The Morgan fingerprint density at radius 3 is 2.15 bits per heavy atom. The minimum Gasteiger partial charge on any atom is -0.395 e. The lowest BCUT2D eigenvalue weighted by Gasteiger charge is -2.28. The summed E-state index contributed by atoms with van der Waals surface area (Å²) in [5.41, 5.74) is 0.142. The number of benzene rings is 1. The van der Waals surface area contributed by atoms with E-state index in [0.717, 1.165) is 4.47 Å². The zero-order valence-corrected chi connectivity index (χ0v) is 13.0. The van der Waals surface area contributed by atoms with E-state index in [2.05, 4.69) is 21.2 Å². The molecule has 2 atom stereocenters. The SMILES string of the molecule is CC(C)C[C@@H](CO)N[C@@H](c1ccc(Br)cc1)C(F)(F)F. The van der Waals surface area contributed by atoms with E-state index >= 15 is 0 Å². The van der Waals surface area contributed by atoms with Crippen molar-refractivity contribution in [3.05, 3.63) is 34.3 Å². The molecule has 2 N–H and O–H groups in total. The van der Waals surface area contributed by atoms with Gasteiger partial charge in [0.2, 0.25) is 0 Å². The van der Waals surface area contributed by atoms with Crippen molar-refractivity contribution in [3.63, 3.8) is 0 Å². The van der Waals surface area contributed by atoms with E-state index in [0.29, 0.717) is 6.42 Å². The van der Waals surface area contributed by atoms with Gasteiger partial charge in [0.25, 0.3) is 0 Å². The molecule has 1 aromatic rings. The summed E-state index contributed by atoms with van der Waals surface area (Å²) in [6, 6.07) is 3.66. The number of rotatable bonds is 6. The molecule has 0 bridgehead atoms. The zero-order chi connectivity index (χ0) is 15.3. The van der Waals surface area contributed by atoms with Crippen molar-refractivity contribution in [2.75, 3.05) is 6.61 Å². The van der Waals surface area contributed by atoms with Crippen molar-refractivity contribution in [2.45, 2.75) is 38.5 Å². The molecule has 20 heavy (non-hydrogen) atoms. The predicted molar refractivity (Wildman–Crippen MR) is 76.4 cm³/mol. The van der Waals surface area contributed by atoms with Crippen LogP contribution in [0.1, 0.15) is 31.9 Å². The molecule has 0 saturated carbocycles. The average molecular weight is 354 g/mol. The van der Waals surface area contributed by atoms with Crippen molar-refractivity contribution in [2.24, 2.45) is 5.92 Å². The van der Waals surface area contributed by atoms with Crippen LogP contribution >= 0.6 is 15.9 Å². The second-order valence-electron chi connectivity index (χ2n) is 5.20. The Labute approximate surface area is 125 Å². The highest BCUT2D eigenvalue weighted by Crippen LogP contribution is 2.34. The minimum atomic E-state index is -4.40. The number of aliphatic hydroxyl groups excluding tert-OH is 1. The lowest BCUT2D eigenvalue weighted by molar-refractivity contribution is -0.160. The molecule has 1 rings (SSSR count). The zero-order valence-electron chi connectivity index (χ0n) is 11.4. The van der Waals surface area contributed by atoms with Gasteiger partial charge in [0.15, 0.2) is 0 Å². The Bertz CT molecular complexity index is 406. The van der Waals surface area contributed by atoms with Gasteiger partial charge in [-0.1, -0.05) is 41.9 Å². The first-order valence-corrected chi connectivity index (χ1v) is 7.22. The van der Waals surface area contributed by atoms with Gasteiger partial charge in [-0.15, -0.1) is 0 Å². The van der Waals surface area contributed by atoms with Gasteiger partial charge < -0.3 is 5.11 Å². The predicted octanol–water partition coefficient (Wildman–Crippen LogP) is 4.05. The molecular formula is C14H19BrF3NO. The molecule has 0 unspecified atom stereocenters. The summed E-state index contributed by atoms with van der Waals surface area (Å²) >= 11 is 3.20. The van der Waals surface area contributed by atoms with E-state index in [1.54, 1.807) is 12.1 Å². The van der Waals surface area contributed by atoms with E-state index in [4.69, 9.17) is 0 Å². The Hall–Kier alpha value is -0.590. The topological polar surface area (TPSA) is 32.3 Å². The molecule has 0 fully saturated rings. The van der Waals surface area contributed by atoms with Crippen LogP contribution in [0.5, 0.6) is 0 Å². The number of hydrogen-bond donors (Lipinski definition) is 2. The van der Waals surface area contributed by atoms with Gasteiger partial charge in [-0.05, 0) is 30.0 Å². The third kappa shape index (κ3) is 5.42. The van der Waals surface area contributed by atoms with Crippen molar-refractivity contribution < 1.29 is 18.3 Å². The summed E-state index contributed by atoms with van der Waals surface area (Å²) in [7, 11) is 0. The second-order valence-corrected chi connectivity index (χ2v) is 6.12. The quantitative estimate of drug-likeness (QED) is 0.808. The fourth-order valence-electron chi connectivity index (χ4n) is 2.03. The maximum Gasteiger partial charge on any atom is 0.407 e. The summed E-state index contributed by atoms with van der Waals surface area (Å²) < 4.78 is 40.3. The molecule has 1 aromatic carbocycles. The van der Waals surface area contributed by atoms with Crippen molar-refractivity contribution >= 4 is 15.9 Å². The van der Waals surface area contributed by atoms with Crippen LogP contribution in [0.15, 0.2) is 28.7 Å². The molecule has 0 aromatic heterocycles. The van der Waals surface area contributed by atoms with E-state index < -0.39 is 18.3 Å². The van der Waals surface area contributed by atoms with Gasteiger partial charge in [0.05, 0.1) is 6.61 Å². The molecular weight excluding hydrogens is 335 g/mol. The fraction of sp³-hybridized carbons (Fsp3) is 0.571. The summed E-state index contributed by atoms with van der Waals surface area (Å²) in [4.78, 5) is 0. The highest BCUT2D eigenvalue weighted by Gasteiger charge is 2.41.